The maximum atomic E-state index is 13.2. The summed E-state index contributed by atoms with van der Waals surface area (Å²) in [6, 6.07) is 10.3. The van der Waals surface area contributed by atoms with Crippen LogP contribution in [0.3, 0.4) is 0 Å². The van der Waals surface area contributed by atoms with E-state index in [4.69, 9.17) is 0 Å². The van der Waals surface area contributed by atoms with Crippen LogP contribution in [0.5, 0.6) is 0 Å². The second kappa shape index (κ2) is 9.36. The van der Waals surface area contributed by atoms with Crippen LogP contribution in [0.25, 0.3) is 0 Å². The highest BCUT2D eigenvalue weighted by Crippen LogP contribution is 2.32. The third kappa shape index (κ3) is 5.32. The Kier molecular flexibility index (Phi) is 6.89. The number of carbonyl (C=O) groups excluding carboxylic acids is 2. The van der Waals surface area contributed by atoms with E-state index >= 15 is 0 Å². The summed E-state index contributed by atoms with van der Waals surface area (Å²) in [6.07, 6.45) is 5.31. The number of likely N-dealkylation sites (tertiary alicyclic amines) is 2. The van der Waals surface area contributed by atoms with Crippen LogP contribution in [0.15, 0.2) is 30.3 Å². The molecule has 1 unspecified atom stereocenters. The lowest BCUT2D eigenvalue weighted by Crippen LogP contribution is -2.44. The minimum Gasteiger partial charge on any atom is -0.348 e. The van der Waals surface area contributed by atoms with Crippen LogP contribution in [0.2, 0.25) is 0 Å². The fourth-order valence-corrected chi connectivity index (χ4v) is 4.38. The fraction of sp³-hybridized carbons (Fsp3) is 0.636. The molecule has 2 amide bonds. The first-order chi connectivity index (χ1) is 13.0. The first kappa shape index (κ1) is 19.9. The van der Waals surface area contributed by atoms with E-state index in [9.17, 15) is 9.59 Å². The van der Waals surface area contributed by atoms with Crippen molar-refractivity contribution in [3.63, 3.8) is 0 Å². The van der Waals surface area contributed by atoms with E-state index in [1.54, 1.807) is 19.0 Å². The summed E-state index contributed by atoms with van der Waals surface area (Å²) in [5.74, 6) is 1.12. The lowest BCUT2D eigenvalue weighted by atomic mass is 9.81. The van der Waals surface area contributed by atoms with Crippen molar-refractivity contribution in [1.29, 1.82) is 0 Å². The van der Waals surface area contributed by atoms with Crippen molar-refractivity contribution in [2.45, 2.75) is 38.6 Å². The number of hydrogen-bond donors (Lipinski definition) is 0. The molecular weight excluding hydrogens is 338 g/mol. The van der Waals surface area contributed by atoms with Gasteiger partial charge < -0.3 is 9.80 Å². The van der Waals surface area contributed by atoms with Crippen molar-refractivity contribution in [2.24, 2.45) is 11.8 Å². The first-order valence-electron chi connectivity index (χ1n) is 10.3. The van der Waals surface area contributed by atoms with E-state index in [1.165, 1.54) is 5.56 Å². The summed E-state index contributed by atoms with van der Waals surface area (Å²) in [5, 5.41) is 0. The third-order valence-electron chi connectivity index (χ3n) is 6.10. The Labute approximate surface area is 163 Å². The summed E-state index contributed by atoms with van der Waals surface area (Å²) in [5.41, 5.74) is 1.21. The Hall–Kier alpha value is -1.88. The standard InChI is InChI=1S/C22H33N3O2/c1-23(2)21(26)17-24-14-11-19(12-15-24)20-10-6-7-13-25(22(20)27)16-18-8-4-3-5-9-18/h3-5,8-9,19-20H,6-7,10-17H2,1-2H3. The van der Waals surface area contributed by atoms with Crippen molar-refractivity contribution < 1.29 is 9.59 Å². The molecule has 0 bridgehead atoms. The molecule has 5 nitrogen and oxygen atoms in total. The predicted molar refractivity (Wildman–Crippen MR) is 107 cm³/mol. The highest BCUT2D eigenvalue weighted by atomic mass is 16.2. The normalized spacial score (nSPS) is 22.5. The molecule has 1 atom stereocenters. The van der Waals surface area contributed by atoms with E-state index in [0.717, 1.165) is 58.3 Å². The summed E-state index contributed by atoms with van der Waals surface area (Å²) in [4.78, 5) is 31.2. The summed E-state index contributed by atoms with van der Waals surface area (Å²) < 4.78 is 0. The molecule has 0 radical (unpaired) electrons. The Bertz CT molecular complexity index is 624. The molecule has 1 aromatic rings. The van der Waals surface area contributed by atoms with Crippen molar-refractivity contribution in [1.82, 2.24) is 14.7 Å². The molecule has 0 N–H and O–H groups in total. The minimum atomic E-state index is 0.155. The van der Waals surface area contributed by atoms with E-state index in [1.807, 2.05) is 18.2 Å². The van der Waals surface area contributed by atoms with Gasteiger partial charge in [-0.2, -0.15) is 0 Å². The van der Waals surface area contributed by atoms with Gasteiger partial charge in [0.2, 0.25) is 11.8 Å². The molecule has 1 aromatic carbocycles. The van der Waals surface area contributed by atoms with E-state index in [-0.39, 0.29) is 11.8 Å². The quantitative estimate of drug-likeness (QED) is 0.799. The molecule has 2 heterocycles. The van der Waals surface area contributed by atoms with Crippen molar-refractivity contribution >= 4 is 11.8 Å². The maximum absolute atomic E-state index is 13.2. The second-order valence-corrected chi connectivity index (χ2v) is 8.25. The number of amides is 2. The zero-order valence-corrected chi connectivity index (χ0v) is 16.8. The summed E-state index contributed by atoms with van der Waals surface area (Å²) >= 11 is 0. The molecule has 148 valence electrons. The number of nitrogens with zero attached hydrogens (tertiary/aromatic N) is 3. The van der Waals surface area contributed by atoms with Gasteiger partial charge in [0.15, 0.2) is 0 Å². The molecule has 3 rings (SSSR count). The van der Waals surface area contributed by atoms with Gasteiger partial charge in [-0.15, -0.1) is 0 Å². The predicted octanol–water partition coefficient (Wildman–Crippen LogP) is 2.62. The highest BCUT2D eigenvalue weighted by molar-refractivity contribution is 5.79. The molecule has 2 aliphatic heterocycles. The number of hydrogen-bond acceptors (Lipinski definition) is 3. The smallest absolute Gasteiger partial charge is 0.236 e. The molecule has 2 fully saturated rings. The van der Waals surface area contributed by atoms with Gasteiger partial charge in [0.1, 0.15) is 0 Å². The molecular formula is C22H33N3O2. The summed E-state index contributed by atoms with van der Waals surface area (Å²) in [6.45, 7) is 3.95. The van der Waals surface area contributed by atoms with Crippen molar-refractivity contribution in [2.75, 3.05) is 40.3 Å². The van der Waals surface area contributed by atoms with Crippen LogP contribution in [0.4, 0.5) is 0 Å². The third-order valence-corrected chi connectivity index (χ3v) is 6.10. The zero-order valence-electron chi connectivity index (χ0n) is 16.8. The van der Waals surface area contributed by atoms with Gasteiger partial charge >= 0.3 is 0 Å². The molecule has 0 aliphatic carbocycles. The molecule has 0 saturated carbocycles. The van der Waals surface area contributed by atoms with Crippen LogP contribution in [-0.4, -0.2) is 66.8 Å². The fourth-order valence-electron chi connectivity index (χ4n) is 4.38. The number of carbonyl (C=O) groups is 2. The van der Waals surface area contributed by atoms with Crippen LogP contribution >= 0.6 is 0 Å². The van der Waals surface area contributed by atoms with Crippen LogP contribution < -0.4 is 0 Å². The molecule has 2 aliphatic rings. The lowest BCUT2D eigenvalue weighted by Gasteiger charge is -2.36. The first-order valence-corrected chi connectivity index (χ1v) is 10.3. The van der Waals surface area contributed by atoms with E-state index < -0.39 is 0 Å². The van der Waals surface area contributed by atoms with Crippen molar-refractivity contribution in [3.05, 3.63) is 35.9 Å². The van der Waals surface area contributed by atoms with Gasteiger partial charge in [-0.25, -0.2) is 0 Å². The molecule has 0 aromatic heterocycles. The van der Waals surface area contributed by atoms with Crippen LogP contribution in [0, 0.1) is 11.8 Å². The molecule has 0 spiro atoms. The SMILES string of the molecule is CN(C)C(=O)CN1CCC(C2CCCCN(Cc3ccccc3)C2=O)CC1. The molecule has 5 heteroatoms. The maximum Gasteiger partial charge on any atom is 0.236 e. The Morgan fingerprint density at radius 1 is 1.04 bits per heavy atom. The number of benzene rings is 1. The van der Waals surface area contributed by atoms with Crippen molar-refractivity contribution in [3.8, 4) is 0 Å². The Morgan fingerprint density at radius 2 is 1.74 bits per heavy atom. The Balaban J connectivity index is 1.57. The number of likely N-dealkylation sites (N-methyl/N-ethyl adjacent to an activating group) is 1. The topological polar surface area (TPSA) is 43.9 Å². The summed E-state index contributed by atoms with van der Waals surface area (Å²) in [7, 11) is 3.61. The van der Waals surface area contributed by atoms with Crippen LogP contribution in [0.1, 0.15) is 37.7 Å². The zero-order chi connectivity index (χ0) is 19.2. The monoisotopic (exact) mass is 371 g/mol. The largest absolute Gasteiger partial charge is 0.348 e. The van der Waals surface area contributed by atoms with E-state index in [0.29, 0.717) is 18.4 Å². The van der Waals surface area contributed by atoms with E-state index in [2.05, 4.69) is 21.9 Å². The van der Waals surface area contributed by atoms with Gasteiger partial charge in [0.05, 0.1) is 6.54 Å². The number of rotatable bonds is 5. The highest BCUT2D eigenvalue weighted by Gasteiger charge is 2.35. The van der Waals surface area contributed by atoms with Gasteiger partial charge in [-0.05, 0) is 50.3 Å². The minimum absolute atomic E-state index is 0.155. The Morgan fingerprint density at radius 3 is 2.41 bits per heavy atom. The van der Waals surface area contributed by atoms with Crippen LogP contribution in [-0.2, 0) is 16.1 Å². The molecule has 27 heavy (non-hydrogen) atoms. The number of piperidine rings is 1. The average molecular weight is 372 g/mol. The van der Waals surface area contributed by atoms with Gasteiger partial charge in [-0.1, -0.05) is 36.8 Å². The second-order valence-electron chi connectivity index (χ2n) is 8.25. The lowest BCUT2D eigenvalue weighted by molar-refractivity contribution is -0.138. The van der Waals surface area contributed by atoms with Gasteiger partial charge in [-0.3, -0.25) is 14.5 Å². The van der Waals surface area contributed by atoms with Gasteiger partial charge in [0, 0.05) is 33.1 Å². The van der Waals surface area contributed by atoms with Gasteiger partial charge in [0.25, 0.3) is 0 Å². The average Bonchev–Trinajstić information content (AvgIpc) is 2.85. The molecule has 2 saturated heterocycles.